The van der Waals surface area contributed by atoms with Crippen LogP contribution in [0.5, 0.6) is 11.5 Å². The minimum atomic E-state index is -0.520. The summed E-state index contributed by atoms with van der Waals surface area (Å²) >= 11 is 2.14. The second-order valence-electron chi connectivity index (χ2n) is 5.50. The van der Waals surface area contributed by atoms with Crippen molar-refractivity contribution < 1.29 is 19.2 Å². The van der Waals surface area contributed by atoms with E-state index in [-0.39, 0.29) is 9.88 Å². The molecule has 0 unspecified atom stereocenters. The van der Waals surface area contributed by atoms with Crippen molar-refractivity contribution in [1.82, 2.24) is 4.57 Å². The highest BCUT2D eigenvalue weighted by Crippen LogP contribution is 2.35. The number of ether oxygens (including phenoxy) is 2. The van der Waals surface area contributed by atoms with Crippen LogP contribution in [0.15, 0.2) is 29.3 Å². The number of aryl methyl sites for hydroxylation is 1. The monoisotopic (exact) mass is 407 g/mol. The van der Waals surface area contributed by atoms with E-state index in [0.29, 0.717) is 22.8 Å². The Hall–Kier alpha value is -2.72. The minimum Gasteiger partial charge on any atom is -0.495 e. The average molecular weight is 407 g/mol. The summed E-state index contributed by atoms with van der Waals surface area (Å²) in [6.45, 7) is 2.66. The Morgan fingerprint density at radius 2 is 1.89 bits per heavy atom. The maximum atomic E-state index is 12.5. The van der Waals surface area contributed by atoms with E-state index in [2.05, 4.69) is 4.99 Å². The van der Waals surface area contributed by atoms with Crippen LogP contribution in [0.1, 0.15) is 23.0 Å². The first kappa shape index (κ1) is 19.1. The summed E-state index contributed by atoms with van der Waals surface area (Å²) in [5, 5.41) is 10.7. The van der Waals surface area contributed by atoms with Gasteiger partial charge in [0.2, 0.25) is 0 Å². The maximum absolute atomic E-state index is 12.5. The number of hydrogen-bond donors (Lipinski definition) is 0. The molecular formula is C17H17N3O5S2. The van der Waals surface area contributed by atoms with Gasteiger partial charge in [-0.25, -0.2) is 0 Å². The van der Waals surface area contributed by atoms with Crippen molar-refractivity contribution in [2.45, 2.75) is 19.9 Å². The highest BCUT2D eigenvalue weighted by atomic mass is 32.1. The molecule has 1 amide bonds. The molecule has 0 saturated heterocycles. The summed E-state index contributed by atoms with van der Waals surface area (Å²) in [4.78, 5) is 27.8. The Bertz CT molecular complexity index is 1080. The third-order valence-electron chi connectivity index (χ3n) is 3.82. The summed E-state index contributed by atoms with van der Waals surface area (Å²) in [5.41, 5.74) is 0.812. The molecule has 0 aliphatic heterocycles. The molecule has 3 rings (SSSR count). The smallest absolute Gasteiger partial charge is 0.324 e. The number of methoxy groups -OCH3 is 2. The van der Waals surface area contributed by atoms with E-state index in [4.69, 9.17) is 9.47 Å². The predicted octanol–water partition coefficient (Wildman–Crippen LogP) is 3.84. The van der Waals surface area contributed by atoms with Gasteiger partial charge in [0.15, 0.2) is 4.80 Å². The zero-order valence-corrected chi connectivity index (χ0v) is 16.6. The molecular weight excluding hydrogens is 390 g/mol. The summed E-state index contributed by atoms with van der Waals surface area (Å²) < 4.78 is 13.7. The van der Waals surface area contributed by atoms with Crippen molar-refractivity contribution >= 4 is 43.8 Å². The van der Waals surface area contributed by atoms with E-state index in [9.17, 15) is 14.9 Å². The van der Waals surface area contributed by atoms with Crippen LogP contribution in [-0.2, 0) is 6.54 Å². The molecule has 8 nitrogen and oxygen atoms in total. The first-order chi connectivity index (χ1) is 13.0. The van der Waals surface area contributed by atoms with E-state index in [1.54, 1.807) is 14.2 Å². The fourth-order valence-electron chi connectivity index (χ4n) is 2.65. The first-order valence-electron chi connectivity index (χ1n) is 8.07. The third kappa shape index (κ3) is 3.58. The number of nitrogens with zero attached hydrogens (tertiary/aromatic N) is 3. The number of rotatable bonds is 6. The van der Waals surface area contributed by atoms with Crippen LogP contribution in [0.3, 0.4) is 0 Å². The van der Waals surface area contributed by atoms with Gasteiger partial charge in [0, 0.05) is 12.6 Å². The third-order valence-corrected chi connectivity index (χ3v) is 5.94. The Morgan fingerprint density at radius 1 is 1.19 bits per heavy atom. The molecule has 0 saturated carbocycles. The number of carbonyl (C=O) groups is 1. The molecule has 27 heavy (non-hydrogen) atoms. The Morgan fingerprint density at radius 3 is 2.48 bits per heavy atom. The van der Waals surface area contributed by atoms with Crippen LogP contribution < -0.4 is 14.3 Å². The van der Waals surface area contributed by atoms with Crippen molar-refractivity contribution in [2.75, 3.05) is 14.2 Å². The molecule has 0 fully saturated rings. The zero-order valence-electron chi connectivity index (χ0n) is 14.9. The van der Waals surface area contributed by atoms with Crippen molar-refractivity contribution in [3.63, 3.8) is 0 Å². The number of thiazole rings is 1. The van der Waals surface area contributed by atoms with Gasteiger partial charge >= 0.3 is 5.00 Å². The highest BCUT2D eigenvalue weighted by Gasteiger charge is 2.18. The van der Waals surface area contributed by atoms with Crippen molar-refractivity contribution in [1.29, 1.82) is 0 Å². The predicted molar refractivity (Wildman–Crippen MR) is 104 cm³/mol. The minimum absolute atomic E-state index is 0.0883. The van der Waals surface area contributed by atoms with Crippen LogP contribution in [0.25, 0.3) is 10.2 Å². The number of hydrogen-bond acceptors (Lipinski definition) is 7. The highest BCUT2D eigenvalue weighted by molar-refractivity contribution is 7.17. The fraction of sp³-hybridized carbons (Fsp3) is 0.294. The summed E-state index contributed by atoms with van der Waals surface area (Å²) in [6, 6.07) is 6.36. The van der Waals surface area contributed by atoms with Gasteiger partial charge < -0.3 is 14.0 Å². The zero-order chi connectivity index (χ0) is 19.6. The molecule has 3 aromatic rings. The quantitative estimate of drug-likeness (QED) is 0.457. The summed E-state index contributed by atoms with van der Waals surface area (Å²) in [7, 11) is 3.17. The molecule has 0 radical (unpaired) electrons. The lowest BCUT2D eigenvalue weighted by molar-refractivity contribution is -0.380. The number of aromatic nitrogens is 1. The topological polar surface area (TPSA) is 96.0 Å². The molecule has 142 valence electrons. The lowest BCUT2D eigenvalue weighted by Gasteiger charge is -2.09. The molecule has 0 aliphatic rings. The SMILES string of the molecule is CCCn1c(=NC(=O)c2ccc([N+](=O)[O-])s2)sc2c(OC)ccc(OC)c21. The fourth-order valence-corrected chi connectivity index (χ4v) is 4.52. The van der Waals surface area contributed by atoms with Gasteiger partial charge in [0.1, 0.15) is 26.6 Å². The molecule has 0 N–H and O–H groups in total. The second-order valence-corrected chi connectivity index (χ2v) is 7.54. The largest absolute Gasteiger partial charge is 0.495 e. The van der Waals surface area contributed by atoms with Gasteiger partial charge in [-0.15, -0.1) is 0 Å². The normalized spacial score (nSPS) is 11.7. The number of fused-ring (bicyclic) bond motifs is 1. The molecule has 10 heteroatoms. The van der Waals surface area contributed by atoms with Gasteiger partial charge in [0.25, 0.3) is 5.91 Å². The van der Waals surface area contributed by atoms with Crippen LogP contribution >= 0.6 is 22.7 Å². The van der Waals surface area contributed by atoms with Crippen LogP contribution in [0.2, 0.25) is 0 Å². The molecule has 2 heterocycles. The lowest BCUT2D eigenvalue weighted by atomic mass is 10.3. The van der Waals surface area contributed by atoms with Crippen LogP contribution in [0.4, 0.5) is 5.00 Å². The Balaban J connectivity index is 2.20. The van der Waals surface area contributed by atoms with Crippen molar-refractivity contribution in [2.24, 2.45) is 4.99 Å². The average Bonchev–Trinajstić information content (AvgIpc) is 3.27. The Labute approximate surface area is 162 Å². The van der Waals surface area contributed by atoms with E-state index in [1.807, 2.05) is 23.6 Å². The number of benzene rings is 1. The molecule has 2 aromatic heterocycles. The number of thiophene rings is 1. The maximum Gasteiger partial charge on any atom is 0.324 e. The van der Waals surface area contributed by atoms with Crippen molar-refractivity contribution in [3.05, 3.63) is 44.1 Å². The second kappa shape index (κ2) is 7.89. The van der Waals surface area contributed by atoms with Gasteiger partial charge in [-0.05, 0) is 24.6 Å². The number of carbonyl (C=O) groups excluding carboxylic acids is 1. The van der Waals surface area contributed by atoms with Gasteiger partial charge in [-0.1, -0.05) is 29.6 Å². The van der Waals surface area contributed by atoms with Gasteiger partial charge in [-0.3, -0.25) is 14.9 Å². The summed E-state index contributed by atoms with van der Waals surface area (Å²) in [6.07, 6.45) is 0.831. The standard InChI is InChI=1S/C17H17N3O5S2/c1-4-9-19-14-10(24-2)5-6-11(25-3)15(14)27-17(19)18-16(21)12-7-8-13(26-12)20(22)23/h5-8H,4,9H2,1-3H3. The number of nitro groups is 1. The van der Waals surface area contributed by atoms with Crippen molar-refractivity contribution in [3.8, 4) is 11.5 Å². The van der Waals surface area contributed by atoms with E-state index in [1.165, 1.54) is 23.5 Å². The Kier molecular flexibility index (Phi) is 5.57. The van der Waals surface area contributed by atoms with Gasteiger partial charge in [0.05, 0.1) is 19.1 Å². The lowest BCUT2D eigenvalue weighted by Crippen LogP contribution is -2.17. The molecule has 1 aromatic carbocycles. The van der Waals surface area contributed by atoms with E-state index in [0.717, 1.165) is 28.0 Å². The van der Waals surface area contributed by atoms with E-state index < -0.39 is 10.8 Å². The molecule has 0 spiro atoms. The number of amides is 1. The molecule has 0 bridgehead atoms. The van der Waals surface area contributed by atoms with Crippen LogP contribution in [-0.4, -0.2) is 29.6 Å². The van der Waals surface area contributed by atoms with Crippen LogP contribution in [0, 0.1) is 10.1 Å². The van der Waals surface area contributed by atoms with E-state index >= 15 is 0 Å². The first-order valence-corrected chi connectivity index (χ1v) is 9.71. The molecule has 0 atom stereocenters. The summed E-state index contributed by atoms with van der Waals surface area (Å²) in [5.74, 6) is 0.819. The molecule has 0 aliphatic carbocycles. The van der Waals surface area contributed by atoms with Gasteiger partial charge in [-0.2, -0.15) is 4.99 Å².